The molecule has 1 heterocycles. The van der Waals surface area contributed by atoms with Crippen molar-refractivity contribution in [1.29, 1.82) is 0 Å². The maximum absolute atomic E-state index is 12.6. The van der Waals surface area contributed by atoms with Crippen LogP contribution >= 0.6 is 0 Å². The first-order valence-corrected chi connectivity index (χ1v) is 6.84. The lowest BCUT2D eigenvalue weighted by molar-refractivity contribution is -0.145. The zero-order valence-electron chi connectivity index (χ0n) is 11.7. The van der Waals surface area contributed by atoms with Crippen LogP contribution in [0.4, 0.5) is 0 Å². The highest BCUT2D eigenvalue weighted by Crippen LogP contribution is 2.20. The van der Waals surface area contributed by atoms with Crippen molar-refractivity contribution in [3.8, 4) is 5.75 Å². The first kappa shape index (κ1) is 13.9. The molecule has 0 unspecified atom stereocenters. The van der Waals surface area contributed by atoms with Gasteiger partial charge in [0.2, 0.25) is 0 Å². The van der Waals surface area contributed by atoms with E-state index in [2.05, 4.69) is 5.32 Å². The molecular weight excluding hydrogens is 240 g/mol. The highest BCUT2D eigenvalue weighted by molar-refractivity contribution is 5.84. The van der Waals surface area contributed by atoms with Crippen molar-refractivity contribution >= 4 is 5.91 Å². The SMILES string of the molecule is CC(C)(Oc1ccccc1)C(=O)N1CCCNCC1. The fourth-order valence-corrected chi connectivity index (χ4v) is 2.26. The molecule has 1 aliphatic heterocycles. The van der Waals surface area contributed by atoms with E-state index in [1.165, 1.54) is 0 Å². The number of rotatable bonds is 3. The molecule has 19 heavy (non-hydrogen) atoms. The molecule has 1 aromatic rings. The number of nitrogens with one attached hydrogen (secondary N) is 1. The summed E-state index contributed by atoms with van der Waals surface area (Å²) in [5.41, 5.74) is -0.828. The number of ether oxygens (including phenoxy) is 1. The third kappa shape index (κ3) is 3.70. The average molecular weight is 262 g/mol. The van der Waals surface area contributed by atoms with Gasteiger partial charge in [0.1, 0.15) is 5.75 Å². The molecule has 0 radical (unpaired) electrons. The van der Waals surface area contributed by atoms with E-state index >= 15 is 0 Å². The molecule has 2 rings (SSSR count). The Balaban J connectivity index is 2.03. The van der Waals surface area contributed by atoms with Crippen LogP contribution in [-0.2, 0) is 4.79 Å². The Labute approximate surface area is 114 Å². The maximum Gasteiger partial charge on any atom is 0.266 e. The molecule has 4 heteroatoms. The fourth-order valence-electron chi connectivity index (χ4n) is 2.26. The predicted molar refractivity (Wildman–Crippen MR) is 75.2 cm³/mol. The third-order valence-corrected chi connectivity index (χ3v) is 3.26. The topological polar surface area (TPSA) is 41.6 Å². The monoisotopic (exact) mass is 262 g/mol. The van der Waals surface area contributed by atoms with E-state index in [0.29, 0.717) is 0 Å². The van der Waals surface area contributed by atoms with Crippen LogP contribution < -0.4 is 10.1 Å². The fraction of sp³-hybridized carbons (Fsp3) is 0.533. The first-order chi connectivity index (χ1) is 9.09. The molecule has 0 saturated carbocycles. The van der Waals surface area contributed by atoms with Gasteiger partial charge in [-0.05, 0) is 38.9 Å². The second-order valence-electron chi connectivity index (χ2n) is 5.32. The molecule has 0 spiro atoms. The van der Waals surface area contributed by atoms with Gasteiger partial charge in [-0.3, -0.25) is 4.79 Å². The Hall–Kier alpha value is -1.55. The van der Waals surface area contributed by atoms with Gasteiger partial charge < -0.3 is 15.0 Å². The first-order valence-electron chi connectivity index (χ1n) is 6.84. The van der Waals surface area contributed by atoms with Gasteiger partial charge in [-0.2, -0.15) is 0 Å². The second-order valence-corrected chi connectivity index (χ2v) is 5.32. The van der Waals surface area contributed by atoms with Crippen molar-refractivity contribution in [3.63, 3.8) is 0 Å². The van der Waals surface area contributed by atoms with E-state index in [-0.39, 0.29) is 5.91 Å². The minimum atomic E-state index is -0.828. The quantitative estimate of drug-likeness (QED) is 0.901. The van der Waals surface area contributed by atoms with E-state index < -0.39 is 5.60 Å². The molecule has 0 aliphatic carbocycles. The number of carbonyl (C=O) groups excluding carboxylic acids is 1. The number of amides is 1. The van der Waals surface area contributed by atoms with Crippen LogP contribution in [0.15, 0.2) is 30.3 Å². The van der Waals surface area contributed by atoms with Crippen LogP contribution in [0.25, 0.3) is 0 Å². The molecule has 0 aromatic heterocycles. The molecule has 0 atom stereocenters. The lowest BCUT2D eigenvalue weighted by atomic mass is 10.1. The van der Waals surface area contributed by atoms with Crippen LogP contribution in [0, 0.1) is 0 Å². The van der Waals surface area contributed by atoms with Crippen LogP contribution in [-0.4, -0.2) is 42.6 Å². The standard InChI is InChI=1S/C15H22N2O2/c1-15(2,19-13-7-4-3-5-8-13)14(18)17-11-6-9-16-10-12-17/h3-5,7-8,16H,6,9-12H2,1-2H3. The van der Waals surface area contributed by atoms with Crippen molar-refractivity contribution < 1.29 is 9.53 Å². The maximum atomic E-state index is 12.6. The zero-order chi connectivity index (χ0) is 13.7. The normalized spacial score (nSPS) is 16.8. The molecule has 4 nitrogen and oxygen atoms in total. The minimum absolute atomic E-state index is 0.0556. The van der Waals surface area contributed by atoms with E-state index in [4.69, 9.17) is 4.74 Å². The van der Waals surface area contributed by atoms with E-state index in [9.17, 15) is 4.79 Å². The Morgan fingerprint density at radius 2 is 1.95 bits per heavy atom. The molecule has 0 bridgehead atoms. The summed E-state index contributed by atoms with van der Waals surface area (Å²) in [6.07, 6.45) is 0.993. The summed E-state index contributed by atoms with van der Waals surface area (Å²) >= 11 is 0. The molecule has 1 N–H and O–H groups in total. The molecule has 104 valence electrons. The molecule has 1 aromatic carbocycles. The zero-order valence-corrected chi connectivity index (χ0v) is 11.7. The van der Waals surface area contributed by atoms with E-state index in [0.717, 1.165) is 38.3 Å². The van der Waals surface area contributed by atoms with Crippen LogP contribution in [0.3, 0.4) is 0 Å². The highest BCUT2D eigenvalue weighted by atomic mass is 16.5. The smallest absolute Gasteiger partial charge is 0.266 e. The number of benzene rings is 1. The largest absolute Gasteiger partial charge is 0.478 e. The van der Waals surface area contributed by atoms with E-state index in [1.807, 2.05) is 49.1 Å². The summed E-state index contributed by atoms with van der Waals surface area (Å²) in [4.78, 5) is 14.4. The number of hydrogen-bond donors (Lipinski definition) is 1. The Morgan fingerprint density at radius 1 is 1.21 bits per heavy atom. The second kappa shape index (κ2) is 6.06. The lowest BCUT2D eigenvalue weighted by Gasteiger charge is -2.31. The van der Waals surface area contributed by atoms with Crippen molar-refractivity contribution in [2.45, 2.75) is 25.9 Å². The lowest BCUT2D eigenvalue weighted by Crippen LogP contribution is -2.49. The van der Waals surface area contributed by atoms with Crippen LogP contribution in [0.5, 0.6) is 5.75 Å². The molecular formula is C15H22N2O2. The van der Waals surface area contributed by atoms with Gasteiger partial charge in [0.05, 0.1) is 0 Å². The van der Waals surface area contributed by atoms with Crippen molar-refractivity contribution in [2.75, 3.05) is 26.2 Å². The summed E-state index contributed by atoms with van der Waals surface area (Å²) in [6, 6.07) is 9.50. The summed E-state index contributed by atoms with van der Waals surface area (Å²) in [5, 5.41) is 3.30. The van der Waals surface area contributed by atoms with Crippen molar-refractivity contribution in [1.82, 2.24) is 10.2 Å². The molecule has 1 fully saturated rings. The van der Waals surface area contributed by atoms with Crippen LogP contribution in [0.2, 0.25) is 0 Å². The number of para-hydroxylation sites is 1. The Bertz CT molecular complexity index is 409. The van der Waals surface area contributed by atoms with Crippen LogP contribution in [0.1, 0.15) is 20.3 Å². The van der Waals surface area contributed by atoms with Gasteiger partial charge >= 0.3 is 0 Å². The van der Waals surface area contributed by atoms with Crippen molar-refractivity contribution in [2.24, 2.45) is 0 Å². The minimum Gasteiger partial charge on any atom is -0.478 e. The summed E-state index contributed by atoms with van der Waals surface area (Å²) in [5.74, 6) is 0.786. The Morgan fingerprint density at radius 3 is 2.68 bits per heavy atom. The summed E-state index contributed by atoms with van der Waals surface area (Å²) in [6.45, 7) is 7.05. The third-order valence-electron chi connectivity index (χ3n) is 3.26. The van der Waals surface area contributed by atoms with Gasteiger partial charge in [0.15, 0.2) is 5.60 Å². The number of hydrogen-bond acceptors (Lipinski definition) is 3. The van der Waals surface area contributed by atoms with Gasteiger partial charge in [-0.25, -0.2) is 0 Å². The Kier molecular flexibility index (Phi) is 4.43. The molecule has 1 aliphatic rings. The summed E-state index contributed by atoms with van der Waals surface area (Å²) in [7, 11) is 0. The summed E-state index contributed by atoms with van der Waals surface area (Å²) < 4.78 is 5.85. The molecule has 1 saturated heterocycles. The van der Waals surface area contributed by atoms with Crippen molar-refractivity contribution in [3.05, 3.63) is 30.3 Å². The van der Waals surface area contributed by atoms with Gasteiger partial charge in [-0.1, -0.05) is 18.2 Å². The number of carbonyl (C=O) groups is 1. The average Bonchev–Trinajstić information content (AvgIpc) is 2.67. The highest BCUT2D eigenvalue weighted by Gasteiger charge is 2.34. The van der Waals surface area contributed by atoms with E-state index in [1.54, 1.807) is 0 Å². The van der Waals surface area contributed by atoms with Gasteiger partial charge in [0.25, 0.3) is 5.91 Å². The van der Waals surface area contributed by atoms with Gasteiger partial charge in [-0.15, -0.1) is 0 Å². The predicted octanol–water partition coefficient (Wildman–Crippen LogP) is 1.67. The number of nitrogens with zero attached hydrogens (tertiary/aromatic N) is 1. The molecule has 1 amide bonds. The van der Waals surface area contributed by atoms with Gasteiger partial charge in [0, 0.05) is 19.6 Å².